The lowest BCUT2D eigenvalue weighted by Crippen LogP contribution is -2.21. The van der Waals surface area contributed by atoms with Crippen molar-refractivity contribution in [1.82, 2.24) is 0 Å². The molecule has 0 radical (unpaired) electrons. The third-order valence-corrected chi connectivity index (χ3v) is 4.04. The summed E-state index contributed by atoms with van der Waals surface area (Å²) in [5.41, 5.74) is 2.05. The molecule has 3 nitrogen and oxygen atoms in total. The normalized spacial score (nSPS) is 13.8. The van der Waals surface area contributed by atoms with Gasteiger partial charge in [-0.25, -0.2) is 0 Å². The van der Waals surface area contributed by atoms with Crippen molar-refractivity contribution in [3.8, 4) is 0 Å². The Balaban J connectivity index is 1.99. The highest BCUT2D eigenvalue weighted by Crippen LogP contribution is 2.24. The molecule has 0 saturated carbocycles. The maximum atomic E-state index is 12.4. The minimum absolute atomic E-state index is 0.145. The highest BCUT2D eigenvalue weighted by atomic mass is 127. The van der Waals surface area contributed by atoms with E-state index in [1.165, 1.54) is 6.08 Å². The average molecular weight is 375 g/mol. The first kappa shape index (κ1) is 13.1. The zero-order chi connectivity index (χ0) is 14.1. The summed E-state index contributed by atoms with van der Waals surface area (Å²) in [6.45, 7) is 0. The first-order valence-electron chi connectivity index (χ1n) is 6.08. The number of hydrogen-bond acceptors (Lipinski definition) is 3. The SMILES string of the molecule is O=C1C=C(Nc2ccccc2I)C(=O)c2ccccc21. The number of nitrogens with one attached hydrogen (secondary N) is 1. The minimum Gasteiger partial charge on any atom is -0.351 e. The highest BCUT2D eigenvalue weighted by molar-refractivity contribution is 14.1. The first-order valence-corrected chi connectivity index (χ1v) is 7.16. The Morgan fingerprint density at radius 2 is 1.50 bits per heavy atom. The van der Waals surface area contributed by atoms with E-state index in [-0.39, 0.29) is 11.6 Å². The Hall–Kier alpha value is -1.95. The largest absolute Gasteiger partial charge is 0.351 e. The smallest absolute Gasteiger partial charge is 0.210 e. The van der Waals surface area contributed by atoms with Crippen LogP contribution in [-0.2, 0) is 0 Å². The number of Topliss-reactive ketones (excluding diaryl/α,β-unsaturated/α-hetero) is 1. The van der Waals surface area contributed by atoms with Crippen LogP contribution < -0.4 is 5.32 Å². The number of carbonyl (C=O) groups is 2. The number of allylic oxidation sites excluding steroid dienone is 2. The molecule has 0 amide bonds. The summed E-state index contributed by atoms with van der Waals surface area (Å²) in [6, 6.07) is 14.5. The van der Waals surface area contributed by atoms with Gasteiger partial charge in [-0.15, -0.1) is 0 Å². The zero-order valence-electron chi connectivity index (χ0n) is 10.4. The first-order chi connectivity index (χ1) is 9.66. The third kappa shape index (κ3) is 2.27. The van der Waals surface area contributed by atoms with Crippen molar-refractivity contribution in [2.24, 2.45) is 0 Å². The van der Waals surface area contributed by atoms with Gasteiger partial charge in [-0.05, 0) is 34.7 Å². The number of ketones is 2. The maximum absolute atomic E-state index is 12.4. The van der Waals surface area contributed by atoms with Crippen molar-refractivity contribution in [1.29, 1.82) is 0 Å². The van der Waals surface area contributed by atoms with E-state index in [4.69, 9.17) is 0 Å². The van der Waals surface area contributed by atoms with E-state index in [1.807, 2.05) is 24.3 Å². The molecule has 2 aromatic rings. The van der Waals surface area contributed by atoms with Crippen LogP contribution in [-0.4, -0.2) is 11.6 Å². The second-order valence-corrected chi connectivity index (χ2v) is 5.56. The molecule has 0 heterocycles. The molecule has 2 aromatic carbocycles. The van der Waals surface area contributed by atoms with Crippen LogP contribution in [0.1, 0.15) is 20.7 Å². The van der Waals surface area contributed by atoms with E-state index in [1.54, 1.807) is 24.3 Å². The van der Waals surface area contributed by atoms with E-state index in [0.717, 1.165) is 9.26 Å². The number of benzene rings is 2. The zero-order valence-corrected chi connectivity index (χ0v) is 12.5. The lowest BCUT2D eigenvalue weighted by atomic mass is 9.92. The predicted octanol–water partition coefficient (Wildman–Crippen LogP) is 3.67. The van der Waals surface area contributed by atoms with Gasteiger partial charge in [0.1, 0.15) is 0 Å². The number of para-hydroxylation sites is 1. The standard InChI is InChI=1S/C16H10INO2/c17-12-7-3-4-8-13(12)18-14-9-15(19)10-5-1-2-6-11(10)16(14)20/h1-9,18H. The van der Waals surface area contributed by atoms with Gasteiger partial charge in [0.2, 0.25) is 5.78 Å². The van der Waals surface area contributed by atoms with Crippen molar-refractivity contribution in [3.05, 3.63) is 75.0 Å². The Morgan fingerprint density at radius 1 is 0.850 bits per heavy atom. The number of anilines is 1. The molecule has 3 rings (SSSR count). The summed E-state index contributed by atoms with van der Waals surface area (Å²) in [4.78, 5) is 24.4. The van der Waals surface area contributed by atoms with E-state index < -0.39 is 0 Å². The van der Waals surface area contributed by atoms with Crippen LogP contribution in [0.25, 0.3) is 0 Å². The van der Waals surface area contributed by atoms with Gasteiger partial charge in [-0.1, -0.05) is 36.4 Å². The van der Waals surface area contributed by atoms with Crippen LogP contribution in [0.15, 0.2) is 60.3 Å². The lowest BCUT2D eigenvalue weighted by molar-refractivity contribution is 0.0985. The average Bonchev–Trinajstić information content (AvgIpc) is 2.47. The molecule has 1 aliphatic carbocycles. The summed E-state index contributed by atoms with van der Waals surface area (Å²) in [5.74, 6) is -0.298. The van der Waals surface area contributed by atoms with Crippen LogP contribution in [0.5, 0.6) is 0 Å². The fourth-order valence-corrected chi connectivity index (χ4v) is 2.64. The number of rotatable bonds is 2. The number of hydrogen-bond donors (Lipinski definition) is 1. The molecule has 0 aliphatic heterocycles. The van der Waals surface area contributed by atoms with Crippen molar-refractivity contribution in [3.63, 3.8) is 0 Å². The molecule has 1 N–H and O–H groups in total. The molecule has 0 atom stereocenters. The second kappa shape index (κ2) is 5.20. The summed E-state index contributed by atoms with van der Waals surface area (Å²) < 4.78 is 0.991. The monoisotopic (exact) mass is 375 g/mol. The lowest BCUT2D eigenvalue weighted by Gasteiger charge is -2.17. The molecule has 4 heteroatoms. The van der Waals surface area contributed by atoms with Gasteiger partial charge in [0.05, 0.1) is 11.4 Å². The van der Waals surface area contributed by atoms with Gasteiger partial charge in [-0.2, -0.15) is 0 Å². The predicted molar refractivity (Wildman–Crippen MR) is 86.0 cm³/mol. The molecule has 0 aromatic heterocycles. The topological polar surface area (TPSA) is 46.2 Å². The Labute approximate surface area is 129 Å². The molecule has 0 fully saturated rings. The summed E-state index contributed by atoms with van der Waals surface area (Å²) in [5, 5.41) is 3.05. The number of carbonyl (C=O) groups excluding carboxylic acids is 2. The van der Waals surface area contributed by atoms with E-state index >= 15 is 0 Å². The van der Waals surface area contributed by atoms with Gasteiger partial charge in [0.15, 0.2) is 5.78 Å². The van der Waals surface area contributed by atoms with Gasteiger partial charge >= 0.3 is 0 Å². The van der Waals surface area contributed by atoms with Crippen LogP contribution in [0.4, 0.5) is 5.69 Å². The van der Waals surface area contributed by atoms with Gasteiger partial charge in [-0.3, -0.25) is 9.59 Å². The van der Waals surface area contributed by atoms with Crippen LogP contribution in [0.2, 0.25) is 0 Å². The third-order valence-electron chi connectivity index (χ3n) is 3.10. The molecule has 20 heavy (non-hydrogen) atoms. The second-order valence-electron chi connectivity index (χ2n) is 4.40. The Bertz CT molecular complexity index is 750. The van der Waals surface area contributed by atoms with Crippen molar-refractivity contribution < 1.29 is 9.59 Å². The van der Waals surface area contributed by atoms with E-state index in [9.17, 15) is 9.59 Å². The minimum atomic E-state index is -0.153. The molecule has 0 bridgehead atoms. The Morgan fingerprint density at radius 3 is 2.25 bits per heavy atom. The van der Waals surface area contributed by atoms with Crippen LogP contribution >= 0.6 is 22.6 Å². The molecular formula is C16H10INO2. The quantitative estimate of drug-likeness (QED) is 0.815. The van der Waals surface area contributed by atoms with Gasteiger partial charge in [0.25, 0.3) is 0 Å². The van der Waals surface area contributed by atoms with E-state index in [0.29, 0.717) is 16.8 Å². The highest BCUT2D eigenvalue weighted by Gasteiger charge is 2.25. The molecule has 98 valence electrons. The van der Waals surface area contributed by atoms with Crippen molar-refractivity contribution in [2.45, 2.75) is 0 Å². The molecule has 0 unspecified atom stereocenters. The molecule has 0 saturated heterocycles. The van der Waals surface area contributed by atoms with Crippen LogP contribution in [0, 0.1) is 3.57 Å². The fourth-order valence-electron chi connectivity index (χ4n) is 2.12. The summed E-state index contributed by atoms with van der Waals surface area (Å²) in [6.07, 6.45) is 1.37. The molecule has 1 aliphatic rings. The fraction of sp³-hybridized carbons (Fsp3) is 0. The maximum Gasteiger partial charge on any atom is 0.210 e. The molecular weight excluding hydrogens is 365 g/mol. The number of fused-ring (bicyclic) bond motifs is 1. The van der Waals surface area contributed by atoms with Crippen LogP contribution in [0.3, 0.4) is 0 Å². The van der Waals surface area contributed by atoms with Crippen molar-refractivity contribution >= 4 is 39.8 Å². The van der Waals surface area contributed by atoms with Gasteiger partial charge in [0, 0.05) is 20.8 Å². The van der Waals surface area contributed by atoms with Gasteiger partial charge < -0.3 is 5.32 Å². The van der Waals surface area contributed by atoms with Crippen molar-refractivity contribution in [2.75, 3.05) is 5.32 Å². The summed E-state index contributed by atoms with van der Waals surface area (Å²) in [7, 11) is 0. The van der Waals surface area contributed by atoms with E-state index in [2.05, 4.69) is 27.9 Å². The molecule has 0 spiro atoms. The summed E-state index contributed by atoms with van der Waals surface area (Å²) >= 11 is 2.18. The Kier molecular flexibility index (Phi) is 3.40. The number of halogens is 1.